The summed E-state index contributed by atoms with van der Waals surface area (Å²) in [5, 5.41) is 6.82. The van der Waals surface area contributed by atoms with Crippen molar-refractivity contribution in [2.24, 2.45) is 0 Å². The van der Waals surface area contributed by atoms with Crippen LogP contribution in [0.5, 0.6) is 0 Å². The molecule has 2 heterocycles. The van der Waals surface area contributed by atoms with E-state index in [0.717, 1.165) is 33.0 Å². The molecule has 6 aromatic rings. The lowest BCUT2D eigenvalue weighted by Gasteiger charge is -2.23. The van der Waals surface area contributed by atoms with Crippen molar-refractivity contribution >= 4 is 43.6 Å². The zero-order valence-electron chi connectivity index (χ0n) is 19.7. The fourth-order valence-electron chi connectivity index (χ4n) is 4.96. The van der Waals surface area contributed by atoms with Crippen LogP contribution in [0.25, 0.3) is 54.9 Å². The zero-order chi connectivity index (χ0) is 22.9. The molecule has 0 bridgehead atoms. The van der Waals surface area contributed by atoms with Gasteiger partial charge in [0.15, 0.2) is 0 Å². The highest BCUT2D eigenvalue weighted by Gasteiger charge is 2.22. The molecule has 4 aromatic carbocycles. The molecule has 0 atom stereocenters. The van der Waals surface area contributed by atoms with Gasteiger partial charge in [0, 0.05) is 16.3 Å². The van der Waals surface area contributed by atoms with Crippen molar-refractivity contribution < 1.29 is 4.42 Å². The molecule has 162 valence electrons. The number of fused-ring (bicyclic) bond motifs is 6. The molecular weight excluding hydrogens is 404 g/mol. The molecule has 0 aliphatic carbocycles. The molecule has 33 heavy (non-hydrogen) atoms. The topological polar surface area (TPSA) is 38.9 Å². The van der Waals surface area contributed by atoms with Crippen LogP contribution in [0.2, 0.25) is 0 Å². The average Bonchev–Trinajstić information content (AvgIpc) is 3.15. The van der Waals surface area contributed by atoms with E-state index >= 15 is 0 Å². The Balaban J connectivity index is 1.74. The fourth-order valence-corrected chi connectivity index (χ4v) is 4.96. The maximum Gasteiger partial charge on any atom is 0.231 e. The largest absolute Gasteiger partial charge is 0.437 e. The summed E-state index contributed by atoms with van der Waals surface area (Å²) in [7, 11) is 0. The summed E-state index contributed by atoms with van der Waals surface area (Å²) < 4.78 is 6.38. The predicted octanol–water partition coefficient (Wildman–Crippen LogP) is 8.26. The van der Waals surface area contributed by atoms with E-state index in [1.54, 1.807) is 0 Å². The third-order valence-corrected chi connectivity index (χ3v) is 6.52. The lowest BCUT2D eigenvalue weighted by Crippen LogP contribution is -2.12. The van der Waals surface area contributed by atoms with Crippen molar-refractivity contribution in [1.29, 1.82) is 0 Å². The summed E-state index contributed by atoms with van der Waals surface area (Å²) in [5.41, 5.74) is 6.10. The number of nitrogens with zero attached hydrogens (tertiary/aromatic N) is 2. The summed E-state index contributed by atoms with van der Waals surface area (Å²) in [4.78, 5) is 9.63. The highest BCUT2D eigenvalue weighted by molar-refractivity contribution is 6.18. The first-order valence-electron chi connectivity index (χ1n) is 11.4. The molecule has 0 aliphatic rings. The van der Waals surface area contributed by atoms with Crippen LogP contribution in [0.3, 0.4) is 0 Å². The van der Waals surface area contributed by atoms with E-state index in [1.165, 1.54) is 27.3 Å². The van der Waals surface area contributed by atoms with E-state index in [9.17, 15) is 0 Å². The summed E-state index contributed by atoms with van der Waals surface area (Å²) >= 11 is 0. The molecular formula is C30H26N2O. The number of benzene rings is 4. The van der Waals surface area contributed by atoms with Crippen LogP contribution < -0.4 is 0 Å². The molecule has 0 saturated carbocycles. The number of aryl methyl sites for hydroxylation is 2. The van der Waals surface area contributed by atoms with Gasteiger partial charge in [-0.05, 0) is 59.2 Å². The van der Waals surface area contributed by atoms with Crippen LogP contribution in [0.1, 0.15) is 37.7 Å². The third kappa shape index (κ3) is 3.11. The second-order valence-corrected chi connectivity index (χ2v) is 10.1. The van der Waals surface area contributed by atoms with Gasteiger partial charge in [-0.25, -0.2) is 4.98 Å². The van der Waals surface area contributed by atoms with Gasteiger partial charge < -0.3 is 4.42 Å². The Kier molecular flexibility index (Phi) is 4.16. The average molecular weight is 431 g/mol. The Morgan fingerprint density at radius 1 is 0.727 bits per heavy atom. The van der Waals surface area contributed by atoms with Crippen molar-refractivity contribution in [1.82, 2.24) is 9.97 Å². The van der Waals surface area contributed by atoms with Crippen LogP contribution >= 0.6 is 0 Å². The van der Waals surface area contributed by atoms with Crippen LogP contribution in [0, 0.1) is 13.8 Å². The second-order valence-electron chi connectivity index (χ2n) is 10.1. The highest BCUT2D eigenvalue weighted by Crippen LogP contribution is 2.40. The van der Waals surface area contributed by atoms with Gasteiger partial charge in [0.2, 0.25) is 5.71 Å². The first-order chi connectivity index (χ1) is 15.8. The molecule has 0 amide bonds. The van der Waals surface area contributed by atoms with E-state index < -0.39 is 0 Å². The number of rotatable bonds is 1. The van der Waals surface area contributed by atoms with Gasteiger partial charge in [-0.2, -0.15) is 4.98 Å². The van der Waals surface area contributed by atoms with Crippen molar-refractivity contribution in [3.05, 3.63) is 83.7 Å². The van der Waals surface area contributed by atoms with Crippen LogP contribution in [-0.4, -0.2) is 9.97 Å². The maximum absolute atomic E-state index is 6.38. The Bertz CT molecular complexity index is 1720. The first-order valence-corrected chi connectivity index (χ1v) is 11.4. The summed E-state index contributed by atoms with van der Waals surface area (Å²) in [6.45, 7) is 10.8. The first kappa shape index (κ1) is 19.9. The van der Waals surface area contributed by atoms with E-state index in [1.807, 2.05) is 6.92 Å². The van der Waals surface area contributed by atoms with Gasteiger partial charge in [0.1, 0.15) is 11.4 Å². The molecule has 0 aliphatic heterocycles. The Hall–Kier alpha value is -3.72. The van der Waals surface area contributed by atoms with Crippen LogP contribution in [-0.2, 0) is 5.41 Å². The standard InChI is InChI=1S/C30H26N2O/c1-17-10-12-23-20(14-17)11-13-24-26-27(31-18(2)32-29(26)33-28(23)24)21-15-19-8-6-7-9-22(19)25(16-21)30(3,4)5/h6-16H,1-5H3. The highest BCUT2D eigenvalue weighted by atomic mass is 16.3. The summed E-state index contributed by atoms with van der Waals surface area (Å²) in [6, 6.07) is 23.9. The number of hydrogen-bond acceptors (Lipinski definition) is 3. The lowest BCUT2D eigenvalue weighted by atomic mass is 9.82. The molecule has 0 saturated heterocycles. The van der Waals surface area contributed by atoms with E-state index in [0.29, 0.717) is 11.5 Å². The van der Waals surface area contributed by atoms with Crippen LogP contribution in [0.4, 0.5) is 0 Å². The minimum Gasteiger partial charge on any atom is -0.437 e. The van der Waals surface area contributed by atoms with Crippen molar-refractivity contribution in [2.45, 2.75) is 40.0 Å². The van der Waals surface area contributed by atoms with Crippen molar-refractivity contribution in [3.8, 4) is 11.3 Å². The Morgan fingerprint density at radius 2 is 1.48 bits per heavy atom. The number of hydrogen-bond donors (Lipinski definition) is 0. The second kappa shape index (κ2) is 6.89. The SMILES string of the molecule is Cc1ccc2c(ccc3c2oc2nc(C)nc(-c4cc(C(C)(C)C)c5ccccc5c4)c23)c1. The van der Waals surface area contributed by atoms with Gasteiger partial charge in [0.05, 0.1) is 11.1 Å². The molecule has 0 spiro atoms. The number of furan rings is 1. The Morgan fingerprint density at radius 3 is 2.30 bits per heavy atom. The minimum absolute atomic E-state index is 0.00330. The molecule has 0 fully saturated rings. The summed E-state index contributed by atoms with van der Waals surface area (Å²) in [5.74, 6) is 0.710. The van der Waals surface area contributed by atoms with E-state index in [-0.39, 0.29) is 5.41 Å². The third-order valence-electron chi connectivity index (χ3n) is 6.52. The van der Waals surface area contributed by atoms with E-state index in [2.05, 4.69) is 99.4 Å². The predicted molar refractivity (Wildman–Crippen MR) is 138 cm³/mol. The van der Waals surface area contributed by atoms with Gasteiger partial charge in [-0.3, -0.25) is 0 Å². The quantitative estimate of drug-likeness (QED) is 0.263. The van der Waals surface area contributed by atoms with Crippen molar-refractivity contribution in [2.75, 3.05) is 0 Å². The molecule has 0 radical (unpaired) electrons. The molecule has 6 rings (SSSR count). The minimum atomic E-state index is 0.00330. The zero-order valence-corrected chi connectivity index (χ0v) is 19.7. The maximum atomic E-state index is 6.38. The van der Waals surface area contributed by atoms with E-state index in [4.69, 9.17) is 9.40 Å². The lowest BCUT2D eigenvalue weighted by molar-refractivity contribution is 0.596. The molecule has 2 aromatic heterocycles. The van der Waals surface area contributed by atoms with Crippen LogP contribution in [0.15, 0.2) is 71.1 Å². The molecule has 3 heteroatoms. The molecule has 0 unspecified atom stereocenters. The monoisotopic (exact) mass is 430 g/mol. The fraction of sp³-hybridized carbons (Fsp3) is 0.200. The molecule has 0 N–H and O–H groups in total. The Labute approximate surface area is 193 Å². The van der Waals surface area contributed by atoms with Gasteiger partial charge >= 0.3 is 0 Å². The van der Waals surface area contributed by atoms with Crippen molar-refractivity contribution in [3.63, 3.8) is 0 Å². The van der Waals surface area contributed by atoms with Gasteiger partial charge in [0.25, 0.3) is 0 Å². The summed E-state index contributed by atoms with van der Waals surface area (Å²) in [6.07, 6.45) is 0. The number of aromatic nitrogens is 2. The normalized spacial score (nSPS) is 12.4. The van der Waals surface area contributed by atoms with Gasteiger partial charge in [-0.15, -0.1) is 0 Å². The molecule has 3 nitrogen and oxygen atoms in total. The smallest absolute Gasteiger partial charge is 0.231 e. The van der Waals surface area contributed by atoms with Gasteiger partial charge in [-0.1, -0.05) is 74.9 Å².